The van der Waals surface area contributed by atoms with Gasteiger partial charge in [-0.1, -0.05) is 18.2 Å². The van der Waals surface area contributed by atoms with Gasteiger partial charge in [0.25, 0.3) is 5.91 Å². The van der Waals surface area contributed by atoms with E-state index in [1.807, 2.05) is 54.7 Å². The monoisotopic (exact) mass is 349 g/mol. The number of rotatable bonds is 4. The molecule has 1 aliphatic heterocycles. The molecule has 134 valence electrons. The molecule has 5 nitrogen and oxygen atoms in total. The van der Waals surface area contributed by atoms with Gasteiger partial charge in [0.05, 0.1) is 11.4 Å². The van der Waals surface area contributed by atoms with Crippen molar-refractivity contribution in [2.45, 2.75) is 12.8 Å². The normalized spacial score (nSPS) is 15.3. The first-order chi connectivity index (χ1) is 12.7. The van der Waals surface area contributed by atoms with Crippen molar-refractivity contribution in [3.05, 3.63) is 60.3 Å². The first-order valence-corrected chi connectivity index (χ1v) is 9.08. The number of aromatic amines is 1. The maximum Gasteiger partial charge on any atom is 0.255 e. The molecular formula is C21H23N3O2. The topological polar surface area (TPSA) is 68.4 Å². The highest BCUT2D eigenvalue weighted by molar-refractivity contribution is 6.07. The Labute approximate surface area is 152 Å². The van der Waals surface area contributed by atoms with E-state index in [-0.39, 0.29) is 12.5 Å². The summed E-state index contributed by atoms with van der Waals surface area (Å²) in [6.45, 7) is 2.05. The summed E-state index contributed by atoms with van der Waals surface area (Å²) in [5.41, 5.74) is 3.45. The number of aliphatic hydroxyl groups excluding tert-OH is 1. The van der Waals surface area contributed by atoms with E-state index in [9.17, 15) is 9.90 Å². The quantitative estimate of drug-likeness (QED) is 0.674. The Bertz CT molecular complexity index is 910. The number of nitrogens with one attached hydrogen (secondary N) is 2. The lowest BCUT2D eigenvalue weighted by atomic mass is 9.97. The molecule has 0 unspecified atom stereocenters. The van der Waals surface area contributed by atoms with Gasteiger partial charge >= 0.3 is 0 Å². The van der Waals surface area contributed by atoms with Gasteiger partial charge in [-0.3, -0.25) is 4.79 Å². The Balaban J connectivity index is 1.53. The standard InChI is InChI=1S/C21H23N3O2/c25-14-15-8-11-24(12-9-15)20-4-2-1-3-18(20)23-21(26)17-6-5-16-7-10-22-19(16)13-17/h1-7,10,13,15,22,25H,8-9,11-12,14H2,(H,23,26). The Morgan fingerprint density at radius 1 is 1.15 bits per heavy atom. The maximum absolute atomic E-state index is 12.7. The van der Waals surface area contributed by atoms with Crippen LogP contribution in [0.4, 0.5) is 11.4 Å². The Morgan fingerprint density at radius 2 is 1.96 bits per heavy atom. The Kier molecular flexibility index (Phi) is 4.63. The lowest BCUT2D eigenvalue weighted by Crippen LogP contribution is -2.35. The van der Waals surface area contributed by atoms with E-state index in [0.29, 0.717) is 11.5 Å². The van der Waals surface area contributed by atoms with Gasteiger partial charge in [-0.05, 0) is 54.5 Å². The van der Waals surface area contributed by atoms with Crippen LogP contribution in [-0.4, -0.2) is 35.7 Å². The number of aromatic nitrogens is 1. The van der Waals surface area contributed by atoms with Gasteiger partial charge < -0.3 is 20.3 Å². The zero-order valence-corrected chi connectivity index (χ0v) is 14.6. The lowest BCUT2D eigenvalue weighted by molar-refractivity contribution is 0.102. The van der Waals surface area contributed by atoms with Crippen molar-refractivity contribution in [3.63, 3.8) is 0 Å². The number of hydrogen-bond donors (Lipinski definition) is 3. The molecular weight excluding hydrogens is 326 g/mol. The Morgan fingerprint density at radius 3 is 2.77 bits per heavy atom. The Hall–Kier alpha value is -2.79. The van der Waals surface area contributed by atoms with Gasteiger partial charge in [-0.25, -0.2) is 0 Å². The molecule has 1 fully saturated rings. The number of amides is 1. The molecule has 1 saturated heterocycles. The number of benzene rings is 2. The SMILES string of the molecule is O=C(Nc1ccccc1N1CCC(CO)CC1)c1ccc2cc[nH]c2c1. The molecule has 0 bridgehead atoms. The summed E-state index contributed by atoms with van der Waals surface area (Å²) in [6, 6.07) is 15.6. The number of nitrogens with zero attached hydrogens (tertiary/aromatic N) is 1. The van der Waals surface area contributed by atoms with Crippen LogP contribution in [0.5, 0.6) is 0 Å². The zero-order valence-electron chi connectivity index (χ0n) is 14.6. The van der Waals surface area contributed by atoms with E-state index < -0.39 is 0 Å². The van der Waals surface area contributed by atoms with Gasteiger partial charge in [-0.15, -0.1) is 0 Å². The molecule has 26 heavy (non-hydrogen) atoms. The largest absolute Gasteiger partial charge is 0.396 e. The van der Waals surface area contributed by atoms with Crippen LogP contribution in [0, 0.1) is 5.92 Å². The van der Waals surface area contributed by atoms with Crippen LogP contribution in [0.2, 0.25) is 0 Å². The van der Waals surface area contributed by atoms with Crippen molar-refractivity contribution in [1.29, 1.82) is 0 Å². The van der Waals surface area contributed by atoms with Crippen molar-refractivity contribution in [3.8, 4) is 0 Å². The van der Waals surface area contributed by atoms with Crippen LogP contribution in [0.3, 0.4) is 0 Å². The van der Waals surface area contributed by atoms with E-state index in [4.69, 9.17) is 0 Å². The highest BCUT2D eigenvalue weighted by atomic mass is 16.3. The predicted molar refractivity (Wildman–Crippen MR) is 105 cm³/mol. The minimum absolute atomic E-state index is 0.112. The van der Waals surface area contributed by atoms with Crippen molar-refractivity contribution in [2.75, 3.05) is 29.9 Å². The lowest BCUT2D eigenvalue weighted by Gasteiger charge is -2.34. The van der Waals surface area contributed by atoms with Gasteiger partial charge in [-0.2, -0.15) is 0 Å². The third-order valence-electron chi connectivity index (χ3n) is 5.18. The van der Waals surface area contributed by atoms with Gasteiger partial charge in [0.15, 0.2) is 0 Å². The number of fused-ring (bicyclic) bond motifs is 1. The van der Waals surface area contributed by atoms with Crippen LogP contribution >= 0.6 is 0 Å². The summed E-state index contributed by atoms with van der Waals surface area (Å²) in [5, 5.41) is 13.5. The van der Waals surface area contributed by atoms with E-state index in [1.165, 1.54) is 0 Å². The number of hydrogen-bond acceptors (Lipinski definition) is 3. The molecule has 1 amide bonds. The second kappa shape index (κ2) is 7.22. The molecule has 2 heterocycles. The fourth-order valence-electron chi connectivity index (χ4n) is 3.60. The fraction of sp³-hybridized carbons (Fsp3) is 0.286. The minimum Gasteiger partial charge on any atom is -0.396 e. The van der Waals surface area contributed by atoms with Crippen molar-refractivity contribution < 1.29 is 9.90 Å². The van der Waals surface area contributed by atoms with Crippen molar-refractivity contribution in [1.82, 2.24) is 4.98 Å². The predicted octanol–water partition coefficient (Wildman–Crippen LogP) is 3.63. The fourth-order valence-corrected chi connectivity index (χ4v) is 3.60. The number of aliphatic hydroxyl groups is 1. The molecule has 1 aromatic heterocycles. The number of piperidine rings is 1. The average Bonchev–Trinajstić information content (AvgIpc) is 3.16. The number of anilines is 2. The summed E-state index contributed by atoms with van der Waals surface area (Å²) in [7, 11) is 0. The smallest absolute Gasteiger partial charge is 0.255 e. The summed E-state index contributed by atoms with van der Waals surface area (Å²) >= 11 is 0. The minimum atomic E-state index is -0.112. The third-order valence-corrected chi connectivity index (χ3v) is 5.18. The van der Waals surface area contributed by atoms with Crippen LogP contribution in [0.25, 0.3) is 10.9 Å². The summed E-state index contributed by atoms with van der Waals surface area (Å²) in [5.74, 6) is 0.278. The molecule has 3 aromatic rings. The second-order valence-electron chi connectivity index (χ2n) is 6.86. The van der Waals surface area contributed by atoms with E-state index in [0.717, 1.165) is 48.2 Å². The molecule has 1 aliphatic rings. The highest BCUT2D eigenvalue weighted by Gasteiger charge is 2.21. The molecule has 5 heteroatoms. The van der Waals surface area contributed by atoms with Crippen LogP contribution in [-0.2, 0) is 0 Å². The maximum atomic E-state index is 12.7. The first-order valence-electron chi connectivity index (χ1n) is 9.08. The summed E-state index contributed by atoms with van der Waals surface area (Å²) in [4.78, 5) is 18.2. The summed E-state index contributed by atoms with van der Waals surface area (Å²) < 4.78 is 0. The van der Waals surface area contributed by atoms with Crippen molar-refractivity contribution in [2.24, 2.45) is 5.92 Å². The van der Waals surface area contributed by atoms with Crippen molar-refractivity contribution >= 4 is 28.2 Å². The van der Waals surface area contributed by atoms with Crippen LogP contribution in [0.1, 0.15) is 23.2 Å². The number of carbonyl (C=O) groups excluding carboxylic acids is 1. The molecule has 0 radical (unpaired) electrons. The highest BCUT2D eigenvalue weighted by Crippen LogP contribution is 2.30. The molecule has 2 aromatic carbocycles. The second-order valence-corrected chi connectivity index (χ2v) is 6.86. The van der Waals surface area contributed by atoms with Gasteiger partial charge in [0.1, 0.15) is 0 Å². The number of para-hydroxylation sites is 2. The van der Waals surface area contributed by atoms with Gasteiger partial charge in [0, 0.05) is 37.0 Å². The number of H-pyrrole nitrogens is 1. The molecule has 0 spiro atoms. The van der Waals surface area contributed by atoms with Crippen LogP contribution < -0.4 is 10.2 Å². The molecule has 3 N–H and O–H groups in total. The van der Waals surface area contributed by atoms with E-state index in [2.05, 4.69) is 15.2 Å². The molecule has 4 rings (SSSR count). The third kappa shape index (κ3) is 3.30. The first kappa shape index (κ1) is 16.7. The average molecular weight is 349 g/mol. The summed E-state index contributed by atoms with van der Waals surface area (Å²) in [6.07, 6.45) is 3.82. The van der Waals surface area contributed by atoms with Gasteiger partial charge in [0.2, 0.25) is 0 Å². The number of carbonyl (C=O) groups is 1. The van der Waals surface area contributed by atoms with Crippen LogP contribution in [0.15, 0.2) is 54.7 Å². The molecule has 0 saturated carbocycles. The zero-order chi connectivity index (χ0) is 17.9. The van der Waals surface area contributed by atoms with E-state index in [1.54, 1.807) is 0 Å². The molecule has 0 atom stereocenters. The van der Waals surface area contributed by atoms with E-state index >= 15 is 0 Å². The molecule has 0 aliphatic carbocycles.